The predicted octanol–water partition coefficient (Wildman–Crippen LogP) is 3.69. The van der Waals surface area contributed by atoms with Crippen LogP contribution >= 0.6 is 0 Å². The molecule has 1 aliphatic carbocycles. The first kappa shape index (κ1) is 13.2. The van der Waals surface area contributed by atoms with Crippen molar-refractivity contribution in [2.45, 2.75) is 19.3 Å². The number of amides is 2. The molecule has 0 heterocycles. The number of hydrogen-bond donors (Lipinski definition) is 2. The van der Waals surface area contributed by atoms with E-state index in [1.807, 2.05) is 18.2 Å². The van der Waals surface area contributed by atoms with Crippen LogP contribution in [0.4, 0.5) is 16.2 Å². The van der Waals surface area contributed by atoms with Crippen molar-refractivity contribution in [3.8, 4) is 6.07 Å². The minimum atomic E-state index is -0.303. The average molecular weight is 277 g/mol. The average Bonchev–Trinajstić information content (AvgIpc) is 2.95. The fourth-order valence-corrected chi connectivity index (χ4v) is 2.61. The Hall–Kier alpha value is -2.80. The summed E-state index contributed by atoms with van der Waals surface area (Å²) >= 11 is 0. The number of benzene rings is 2. The Kier molecular flexibility index (Phi) is 3.57. The third-order valence-corrected chi connectivity index (χ3v) is 3.61. The minimum Gasteiger partial charge on any atom is -0.308 e. The van der Waals surface area contributed by atoms with Crippen LogP contribution in [0.3, 0.4) is 0 Å². The number of carbonyl (C=O) groups excluding carboxylic acids is 1. The zero-order valence-electron chi connectivity index (χ0n) is 11.5. The summed E-state index contributed by atoms with van der Waals surface area (Å²) in [7, 11) is 0. The van der Waals surface area contributed by atoms with Crippen LogP contribution < -0.4 is 10.6 Å². The number of aryl methyl sites for hydroxylation is 2. The molecule has 0 aromatic heterocycles. The number of nitriles is 1. The van der Waals surface area contributed by atoms with Gasteiger partial charge in [-0.25, -0.2) is 4.79 Å². The predicted molar refractivity (Wildman–Crippen MR) is 82.3 cm³/mol. The number of nitrogens with one attached hydrogen (secondary N) is 2. The van der Waals surface area contributed by atoms with Gasteiger partial charge in [-0.05, 0) is 60.7 Å². The lowest BCUT2D eigenvalue weighted by Gasteiger charge is -2.09. The molecule has 2 aromatic carbocycles. The van der Waals surface area contributed by atoms with Crippen LogP contribution in [0.15, 0.2) is 42.5 Å². The second kappa shape index (κ2) is 5.68. The second-order valence-electron chi connectivity index (χ2n) is 5.11. The topological polar surface area (TPSA) is 64.9 Å². The van der Waals surface area contributed by atoms with Gasteiger partial charge in [0.25, 0.3) is 0 Å². The Morgan fingerprint density at radius 2 is 1.76 bits per heavy atom. The molecule has 104 valence electrons. The Labute approximate surface area is 123 Å². The Morgan fingerprint density at radius 1 is 1.00 bits per heavy atom. The third kappa shape index (κ3) is 3.03. The third-order valence-electron chi connectivity index (χ3n) is 3.61. The molecule has 0 radical (unpaired) electrons. The van der Waals surface area contributed by atoms with E-state index in [-0.39, 0.29) is 6.03 Å². The maximum Gasteiger partial charge on any atom is 0.323 e. The number of nitrogens with zero attached hydrogens (tertiary/aromatic N) is 1. The molecule has 2 aromatic rings. The zero-order chi connectivity index (χ0) is 14.7. The molecule has 0 fully saturated rings. The van der Waals surface area contributed by atoms with E-state index in [1.54, 1.807) is 24.3 Å². The summed E-state index contributed by atoms with van der Waals surface area (Å²) in [4.78, 5) is 12.0. The molecule has 0 bridgehead atoms. The normalized spacial score (nSPS) is 12.3. The minimum absolute atomic E-state index is 0.303. The lowest BCUT2D eigenvalue weighted by molar-refractivity contribution is 0.262. The lowest BCUT2D eigenvalue weighted by Crippen LogP contribution is -2.19. The van der Waals surface area contributed by atoms with Gasteiger partial charge < -0.3 is 10.6 Å². The highest BCUT2D eigenvalue weighted by Crippen LogP contribution is 2.25. The number of rotatable bonds is 2. The number of hydrogen-bond acceptors (Lipinski definition) is 2. The highest BCUT2D eigenvalue weighted by atomic mass is 16.2. The molecular weight excluding hydrogens is 262 g/mol. The van der Waals surface area contributed by atoms with Crippen LogP contribution in [0.2, 0.25) is 0 Å². The Morgan fingerprint density at radius 3 is 2.57 bits per heavy atom. The van der Waals surface area contributed by atoms with Gasteiger partial charge in [0.05, 0.1) is 11.6 Å². The smallest absolute Gasteiger partial charge is 0.308 e. The molecule has 21 heavy (non-hydrogen) atoms. The van der Waals surface area contributed by atoms with Gasteiger partial charge >= 0.3 is 6.03 Å². The van der Waals surface area contributed by atoms with E-state index in [4.69, 9.17) is 5.26 Å². The summed E-state index contributed by atoms with van der Waals surface area (Å²) in [5.74, 6) is 0. The molecule has 3 rings (SSSR count). The number of fused-ring (bicyclic) bond motifs is 1. The molecule has 1 aliphatic rings. The van der Waals surface area contributed by atoms with Gasteiger partial charge in [0, 0.05) is 11.4 Å². The number of carbonyl (C=O) groups is 1. The highest BCUT2D eigenvalue weighted by molar-refractivity contribution is 5.99. The maximum absolute atomic E-state index is 12.0. The zero-order valence-corrected chi connectivity index (χ0v) is 11.5. The molecular formula is C17H15N3O. The summed E-state index contributed by atoms with van der Waals surface area (Å²) in [6, 6.07) is 14.6. The Balaban J connectivity index is 1.67. The first-order chi connectivity index (χ1) is 10.2. The van der Waals surface area contributed by atoms with Gasteiger partial charge in [0.1, 0.15) is 0 Å². The van der Waals surface area contributed by atoms with Crippen LogP contribution in [-0.2, 0) is 12.8 Å². The molecule has 0 saturated carbocycles. The Bertz CT molecular complexity index is 731. The van der Waals surface area contributed by atoms with E-state index in [0.717, 1.165) is 18.5 Å². The van der Waals surface area contributed by atoms with Crippen molar-refractivity contribution >= 4 is 17.4 Å². The molecule has 0 unspecified atom stereocenters. The maximum atomic E-state index is 12.0. The lowest BCUT2D eigenvalue weighted by atomic mass is 10.1. The SMILES string of the molecule is N#Cc1cccc(NC(=O)Nc2ccc3c(c2)CCC3)c1. The van der Waals surface area contributed by atoms with Crippen LogP contribution in [0, 0.1) is 11.3 Å². The van der Waals surface area contributed by atoms with Gasteiger partial charge in [0.15, 0.2) is 0 Å². The second-order valence-corrected chi connectivity index (χ2v) is 5.11. The van der Waals surface area contributed by atoms with Crippen molar-refractivity contribution in [2.75, 3.05) is 10.6 Å². The quantitative estimate of drug-likeness (QED) is 0.879. The molecule has 0 spiro atoms. The largest absolute Gasteiger partial charge is 0.323 e. The van der Waals surface area contributed by atoms with Crippen LogP contribution in [0.25, 0.3) is 0 Å². The summed E-state index contributed by atoms with van der Waals surface area (Å²) in [6.07, 6.45) is 3.39. The first-order valence-corrected chi connectivity index (χ1v) is 6.94. The molecule has 4 heteroatoms. The van der Waals surface area contributed by atoms with Crippen LogP contribution in [0.1, 0.15) is 23.1 Å². The van der Waals surface area contributed by atoms with Gasteiger partial charge in [-0.3, -0.25) is 0 Å². The van der Waals surface area contributed by atoms with E-state index >= 15 is 0 Å². The van der Waals surface area contributed by atoms with E-state index < -0.39 is 0 Å². The summed E-state index contributed by atoms with van der Waals surface area (Å²) in [5.41, 5.74) is 4.62. The van der Waals surface area contributed by atoms with Crippen molar-refractivity contribution in [3.63, 3.8) is 0 Å². The fourth-order valence-electron chi connectivity index (χ4n) is 2.61. The molecule has 0 aliphatic heterocycles. The van der Waals surface area contributed by atoms with Crippen molar-refractivity contribution in [1.29, 1.82) is 5.26 Å². The van der Waals surface area contributed by atoms with Crippen molar-refractivity contribution in [3.05, 3.63) is 59.2 Å². The summed E-state index contributed by atoms with van der Waals surface area (Å²) in [5, 5.41) is 14.4. The van der Waals surface area contributed by atoms with E-state index in [9.17, 15) is 4.79 Å². The van der Waals surface area contributed by atoms with Gasteiger partial charge in [-0.15, -0.1) is 0 Å². The molecule has 0 atom stereocenters. The van der Waals surface area contributed by atoms with Gasteiger partial charge in [-0.2, -0.15) is 5.26 Å². The van der Waals surface area contributed by atoms with Crippen LogP contribution in [-0.4, -0.2) is 6.03 Å². The van der Waals surface area contributed by atoms with E-state index in [2.05, 4.69) is 16.7 Å². The molecule has 0 saturated heterocycles. The van der Waals surface area contributed by atoms with Crippen molar-refractivity contribution in [2.24, 2.45) is 0 Å². The van der Waals surface area contributed by atoms with Gasteiger partial charge in [0.2, 0.25) is 0 Å². The number of anilines is 2. The summed E-state index contributed by atoms with van der Waals surface area (Å²) in [6.45, 7) is 0. The van der Waals surface area contributed by atoms with Crippen molar-refractivity contribution < 1.29 is 4.79 Å². The van der Waals surface area contributed by atoms with Crippen LogP contribution in [0.5, 0.6) is 0 Å². The first-order valence-electron chi connectivity index (χ1n) is 6.94. The van der Waals surface area contributed by atoms with Crippen molar-refractivity contribution in [1.82, 2.24) is 0 Å². The standard InChI is InChI=1S/C17H15N3O/c18-11-12-3-1-6-15(9-12)19-17(21)20-16-8-7-13-4-2-5-14(13)10-16/h1,3,6-10H,2,4-5H2,(H2,19,20,21). The van der Waals surface area contributed by atoms with Gasteiger partial charge in [-0.1, -0.05) is 12.1 Å². The molecule has 2 amide bonds. The molecule has 4 nitrogen and oxygen atoms in total. The van der Waals surface area contributed by atoms with E-state index in [0.29, 0.717) is 11.3 Å². The fraction of sp³-hybridized carbons (Fsp3) is 0.176. The monoisotopic (exact) mass is 277 g/mol. The van der Waals surface area contributed by atoms with E-state index in [1.165, 1.54) is 17.5 Å². The summed E-state index contributed by atoms with van der Waals surface area (Å²) < 4.78 is 0. The highest BCUT2D eigenvalue weighted by Gasteiger charge is 2.11. The number of urea groups is 1. The molecule has 2 N–H and O–H groups in total.